The Balaban J connectivity index is 2.74. The summed E-state index contributed by atoms with van der Waals surface area (Å²) in [5, 5.41) is 2.81. The van der Waals surface area contributed by atoms with E-state index in [1.807, 2.05) is 18.2 Å². The van der Waals surface area contributed by atoms with Crippen molar-refractivity contribution in [1.82, 2.24) is 5.32 Å². The summed E-state index contributed by atoms with van der Waals surface area (Å²) in [5.74, 6) is 1.17. The standard InChI is InChI=1S/C15H23NO3/c1-11(2)12-5-6-14(19-4)13(9-12)10-15(17)16-7-8-18-3/h5-6,9,11H,7-8,10H2,1-4H3,(H,16,17). The molecule has 1 rings (SSSR count). The number of methoxy groups -OCH3 is 2. The number of carbonyl (C=O) groups is 1. The number of amides is 1. The molecule has 0 aliphatic heterocycles. The highest BCUT2D eigenvalue weighted by Gasteiger charge is 2.10. The summed E-state index contributed by atoms with van der Waals surface area (Å²) in [7, 11) is 3.23. The number of hydrogen-bond donors (Lipinski definition) is 1. The van der Waals surface area contributed by atoms with Gasteiger partial charge >= 0.3 is 0 Å². The quantitative estimate of drug-likeness (QED) is 0.768. The van der Waals surface area contributed by atoms with Gasteiger partial charge in [0.1, 0.15) is 5.75 Å². The van der Waals surface area contributed by atoms with Gasteiger partial charge in [0.05, 0.1) is 20.1 Å². The Labute approximate surface area is 115 Å². The Bertz CT molecular complexity index is 416. The number of nitrogens with one attached hydrogen (secondary N) is 1. The lowest BCUT2D eigenvalue weighted by Gasteiger charge is -2.13. The highest BCUT2D eigenvalue weighted by Crippen LogP contribution is 2.24. The Morgan fingerprint density at radius 3 is 2.63 bits per heavy atom. The van der Waals surface area contributed by atoms with Gasteiger partial charge in [0.2, 0.25) is 5.91 Å². The van der Waals surface area contributed by atoms with Crippen molar-refractivity contribution in [1.29, 1.82) is 0 Å². The zero-order valence-electron chi connectivity index (χ0n) is 12.2. The fourth-order valence-corrected chi connectivity index (χ4v) is 1.82. The van der Waals surface area contributed by atoms with Gasteiger partial charge in [0.15, 0.2) is 0 Å². The van der Waals surface area contributed by atoms with E-state index in [1.54, 1.807) is 14.2 Å². The van der Waals surface area contributed by atoms with Crippen LogP contribution in [-0.4, -0.2) is 33.3 Å². The average Bonchev–Trinajstić information content (AvgIpc) is 2.38. The second kappa shape index (κ2) is 7.79. The zero-order chi connectivity index (χ0) is 14.3. The van der Waals surface area contributed by atoms with Crippen LogP contribution in [0.15, 0.2) is 18.2 Å². The fraction of sp³-hybridized carbons (Fsp3) is 0.533. The molecule has 4 nitrogen and oxygen atoms in total. The second-order valence-corrected chi connectivity index (χ2v) is 4.75. The molecule has 1 aromatic rings. The molecule has 0 saturated heterocycles. The largest absolute Gasteiger partial charge is 0.496 e. The molecule has 0 saturated carbocycles. The molecule has 4 heteroatoms. The van der Waals surface area contributed by atoms with Gasteiger partial charge in [-0.1, -0.05) is 26.0 Å². The number of carbonyl (C=O) groups excluding carboxylic acids is 1. The van der Waals surface area contributed by atoms with Crippen molar-refractivity contribution < 1.29 is 14.3 Å². The Morgan fingerprint density at radius 2 is 2.05 bits per heavy atom. The maximum Gasteiger partial charge on any atom is 0.224 e. The van der Waals surface area contributed by atoms with E-state index in [1.165, 1.54) is 5.56 Å². The van der Waals surface area contributed by atoms with Gasteiger partial charge < -0.3 is 14.8 Å². The van der Waals surface area contributed by atoms with Gasteiger partial charge in [-0.15, -0.1) is 0 Å². The van der Waals surface area contributed by atoms with Crippen LogP contribution >= 0.6 is 0 Å². The van der Waals surface area contributed by atoms with Crippen LogP contribution in [0.5, 0.6) is 5.75 Å². The Hall–Kier alpha value is -1.55. The summed E-state index contributed by atoms with van der Waals surface area (Å²) >= 11 is 0. The summed E-state index contributed by atoms with van der Waals surface area (Å²) in [6, 6.07) is 6.00. The molecule has 1 N–H and O–H groups in total. The molecule has 0 radical (unpaired) electrons. The van der Waals surface area contributed by atoms with E-state index >= 15 is 0 Å². The zero-order valence-corrected chi connectivity index (χ0v) is 12.2. The summed E-state index contributed by atoms with van der Waals surface area (Å²) in [4.78, 5) is 11.8. The van der Waals surface area contributed by atoms with Crippen molar-refractivity contribution in [2.24, 2.45) is 0 Å². The summed E-state index contributed by atoms with van der Waals surface area (Å²) in [6.07, 6.45) is 0.327. The first-order chi connectivity index (χ1) is 9.08. The predicted molar refractivity (Wildman–Crippen MR) is 75.7 cm³/mol. The maximum atomic E-state index is 11.8. The van der Waals surface area contributed by atoms with E-state index in [0.29, 0.717) is 25.5 Å². The molecule has 0 aliphatic rings. The number of rotatable bonds is 7. The molecule has 0 unspecified atom stereocenters. The van der Waals surface area contributed by atoms with Crippen LogP contribution in [0.25, 0.3) is 0 Å². The third kappa shape index (κ3) is 4.91. The van der Waals surface area contributed by atoms with Crippen LogP contribution in [0.4, 0.5) is 0 Å². The van der Waals surface area contributed by atoms with Gasteiger partial charge in [0.25, 0.3) is 0 Å². The van der Waals surface area contributed by atoms with E-state index in [0.717, 1.165) is 11.3 Å². The van der Waals surface area contributed by atoms with Crippen molar-refractivity contribution in [3.63, 3.8) is 0 Å². The van der Waals surface area contributed by atoms with Gasteiger partial charge in [-0.2, -0.15) is 0 Å². The average molecular weight is 265 g/mol. The monoisotopic (exact) mass is 265 g/mol. The Morgan fingerprint density at radius 1 is 1.32 bits per heavy atom. The van der Waals surface area contributed by atoms with Crippen molar-refractivity contribution in [3.05, 3.63) is 29.3 Å². The molecule has 0 aliphatic carbocycles. The highest BCUT2D eigenvalue weighted by molar-refractivity contribution is 5.79. The molecule has 106 valence electrons. The van der Waals surface area contributed by atoms with Crippen LogP contribution in [-0.2, 0) is 16.0 Å². The molecule has 1 aromatic carbocycles. The molecule has 0 aromatic heterocycles. The van der Waals surface area contributed by atoms with E-state index < -0.39 is 0 Å². The van der Waals surface area contributed by atoms with Gasteiger partial charge in [0, 0.05) is 19.2 Å². The molecule has 0 atom stereocenters. The van der Waals surface area contributed by atoms with Gasteiger partial charge in [-0.05, 0) is 17.5 Å². The molecular formula is C15H23NO3. The van der Waals surface area contributed by atoms with E-state index in [-0.39, 0.29) is 5.91 Å². The number of ether oxygens (including phenoxy) is 2. The number of hydrogen-bond acceptors (Lipinski definition) is 3. The SMILES string of the molecule is COCCNC(=O)Cc1cc(C(C)C)ccc1OC. The summed E-state index contributed by atoms with van der Waals surface area (Å²) < 4.78 is 10.2. The van der Waals surface area contributed by atoms with Crippen molar-refractivity contribution >= 4 is 5.91 Å². The molecule has 0 bridgehead atoms. The first kappa shape index (κ1) is 15.5. The van der Waals surface area contributed by atoms with Crippen LogP contribution in [0.2, 0.25) is 0 Å². The summed E-state index contributed by atoms with van der Waals surface area (Å²) in [6.45, 7) is 5.31. The lowest BCUT2D eigenvalue weighted by Crippen LogP contribution is -2.28. The van der Waals surface area contributed by atoms with E-state index in [4.69, 9.17) is 9.47 Å². The van der Waals surface area contributed by atoms with Gasteiger partial charge in [-0.3, -0.25) is 4.79 Å². The first-order valence-corrected chi connectivity index (χ1v) is 6.51. The van der Waals surface area contributed by atoms with E-state index in [2.05, 4.69) is 19.2 Å². The molecule has 0 heterocycles. The highest BCUT2D eigenvalue weighted by atomic mass is 16.5. The normalized spacial score (nSPS) is 10.6. The topological polar surface area (TPSA) is 47.6 Å². The van der Waals surface area contributed by atoms with Crippen LogP contribution in [0.1, 0.15) is 30.9 Å². The van der Waals surface area contributed by atoms with Crippen LogP contribution in [0, 0.1) is 0 Å². The summed E-state index contributed by atoms with van der Waals surface area (Å²) in [5.41, 5.74) is 2.13. The third-order valence-corrected chi connectivity index (χ3v) is 2.95. The molecular weight excluding hydrogens is 242 g/mol. The smallest absolute Gasteiger partial charge is 0.224 e. The van der Waals surface area contributed by atoms with E-state index in [9.17, 15) is 4.79 Å². The molecule has 1 amide bonds. The first-order valence-electron chi connectivity index (χ1n) is 6.51. The van der Waals surface area contributed by atoms with Crippen molar-refractivity contribution in [2.75, 3.05) is 27.4 Å². The van der Waals surface area contributed by atoms with Gasteiger partial charge in [-0.25, -0.2) is 0 Å². The fourth-order valence-electron chi connectivity index (χ4n) is 1.82. The molecule has 19 heavy (non-hydrogen) atoms. The van der Waals surface area contributed by atoms with Crippen LogP contribution < -0.4 is 10.1 Å². The lowest BCUT2D eigenvalue weighted by molar-refractivity contribution is -0.120. The van der Waals surface area contributed by atoms with Crippen LogP contribution in [0.3, 0.4) is 0 Å². The van der Waals surface area contributed by atoms with Crippen molar-refractivity contribution in [2.45, 2.75) is 26.2 Å². The minimum atomic E-state index is -0.0174. The minimum Gasteiger partial charge on any atom is -0.496 e. The van der Waals surface area contributed by atoms with Crippen molar-refractivity contribution in [3.8, 4) is 5.75 Å². The minimum absolute atomic E-state index is 0.0174. The third-order valence-electron chi connectivity index (χ3n) is 2.95. The Kier molecular flexibility index (Phi) is 6.36. The lowest BCUT2D eigenvalue weighted by atomic mass is 9.99. The molecule has 0 fully saturated rings. The predicted octanol–water partition coefficient (Wildman–Crippen LogP) is 2.12. The molecule has 0 spiro atoms. The number of benzene rings is 1. The second-order valence-electron chi connectivity index (χ2n) is 4.75. The maximum absolute atomic E-state index is 11.8.